The molecule has 1 fully saturated rings. The van der Waals surface area contributed by atoms with Crippen molar-refractivity contribution in [3.8, 4) is 0 Å². The van der Waals surface area contributed by atoms with Gasteiger partial charge in [0.1, 0.15) is 5.82 Å². The second-order valence-corrected chi connectivity index (χ2v) is 5.58. The molecule has 2 unspecified atom stereocenters. The van der Waals surface area contributed by atoms with Gasteiger partial charge in [-0.25, -0.2) is 4.98 Å². The Morgan fingerprint density at radius 2 is 2.00 bits per heavy atom. The highest BCUT2D eigenvalue weighted by molar-refractivity contribution is 5.49. The van der Waals surface area contributed by atoms with Gasteiger partial charge in [0.25, 0.3) is 0 Å². The molecule has 1 aliphatic heterocycles. The lowest BCUT2D eigenvalue weighted by atomic mass is 9.92. The van der Waals surface area contributed by atoms with E-state index in [0.29, 0.717) is 0 Å². The van der Waals surface area contributed by atoms with Gasteiger partial charge in [0.15, 0.2) is 0 Å². The molecule has 2 atom stereocenters. The fourth-order valence-corrected chi connectivity index (χ4v) is 2.83. The summed E-state index contributed by atoms with van der Waals surface area (Å²) in [6.07, 6.45) is 3.24. The van der Waals surface area contributed by atoms with Crippen LogP contribution in [0.1, 0.15) is 32.8 Å². The van der Waals surface area contributed by atoms with Gasteiger partial charge in [-0.2, -0.15) is 4.98 Å². The van der Waals surface area contributed by atoms with Gasteiger partial charge in [0.2, 0.25) is 5.95 Å². The molecule has 0 spiro atoms. The quantitative estimate of drug-likeness (QED) is 0.893. The maximum Gasteiger partial charge on any atom is 0.224 e. The van der Waals surface area contributed by atoms with Gasteiger partial charge in [-0.05, 0) is 32.1 Å². The molecule has 1 aliphatic rings. The van der Waals surface area contributed by atoms with Crippen LogP contribution in [0.15, 0.2) is 6.20 Å². The molecule has 2 heterocycles. The first-order chi connectivity index (χ1) is 8.60. The molecule has 18 heavy (non-hydrogen) atoms. The molecule has 0 radical (unpaired) electrons. The minimum Gasteiger partial charge on any atom is -0.356 e. The average molecular weight is 248 g/mol. The summed E-state index contributed by atoms with van der Waals surface area (Å²) in [4.78, 5) is 11.4. The van der Waals surface area contributed by atoms with Gasteiger partial charge in [0, 0.05) is 31.4 Å². The van der Waals surface area contributed by atoms with E-state index in [4.69, 9.17) is 0 Å². The zero-order chi connectivity index (χ0) is 13.1. The van der Waals surface area contributed by atoms with Crippen LogP contribution in [0, 0.1) is 18.8 Å². The zero-order valence-electron chi connectivity index (χ0n) is 11.9. The Kier molecular flexibility index (Phi) is 4.04. The molecule has 4 heteroatoms. The van der Waals surface area contributed by atoms with Crippen molar-refractivity contribution in [3.05, 3.63) is 11.8 Å². The van der Waals surface area contributed by atoms with Gasteiger partial charge >= 0.3 is 0 Å². The van der Waals surface area contributed by atoms with E-state index in [2.05, 4.69) is 47.9 Å². The molecule has 1 saturated heterocycles. The van der Waals surface area contributed by atoms with Crippen molar-refractivity contribution < 1.29 is 0 Å². The Balaban J connectivity index is 2.22. The Bertz CT molecular complexity index is 395. The third-order valence-electron chi connectivity index (χ3n) is 3.45. The monoisotopic (exact) mass is 248 g/mol. The van der Waals surface area contributed by atoms with Gasteiger partial charge < -0.3 is 10.2 Å². The first kappa shape index (κ1) is 13.1. The Morgan fingerprint density at radius 3 is 2.61 bits per heavy atom. The highest BCUT2D eigenvalue weighted by Gasteiger charge is 2.24. The molecule has 1 aromatic rings. The fraction of sp³-hybridized carbons (Fsp3) is 0.714. The summed E-state index contributed by atoms with van der Waals surface area (Å²) in [5, 5.41) is 3.19. The lowest BCUT2D eigenvalue weighted by molar-refractivity contribution is 0.355. The van der Waals surface area contributed by atoms with Gasteiger partial charge in [-0.1, -0.05) is 13.8 Å². The van der Waals surface area contributed by atoms with E-state index in [-0.39, 0.29) is 0 Å². The normalized spacial score (nSPS) is 24.1. The van der Waals surface area contributed by atoms with E-state index in [1.165, 1.54) is 6.42 Å². The van der Waals surface area contributed by atoms with E-state index < -0.39 is 0 Å². The molecule has 0 bridgehead atoms. The van der Waals surface area contributed by atoms with Crippen LogP contribution in [0.2, 0.25) is 0 Å². The van der Waals surface area contributed by atoms with Crippen molar-refractivity contribution >= 4 is 11.8 Å². The lowest BCUT2D eigenvalue weighted by Gasteiger charge is -2.36. The van der Waals surface area contributed by atoms with Crippen LogP contribution in [0.4, 0.5) is 11.8 Å². The Hall–Kier alpha value is -1.32. The van der Waals surface area contributed by atoms with Crippen molar-refractivity contribution in [1.82, 2.24) is 9.97 Å². The third-order valence-corrected chi connectivity index (χ3v) is 3.45. The van der Waals surface area contributed by atoms with E-state index in [0.717, 1.165) is 48.8 Å². The summed E-state index contributed by atoms with van der Waals surface area (Å²) in [6, 6.07) is 0. The minimum absolute atomic E-state index is 0.740. The molecule has 2 rings (SSSR count). The van der Waals surface area contributed by atoms with Crippen LogP contribution >= 0.6 is 0 Å². The van der Waals surface area contributed by atoms with Crippen LogP contribution in [-0.4, -0.2) is 29.6 Å². The summed E-state index contributed by atoms with van der Waals surface area (Å²) in [7, 11) is 0. The Labute approximate surface area is 110 Å². The fourth-order valence-electron chi connectivity index (χ4n) is 2.83. The van der Waals surface area contributed by atoms with E-state index in [9.17, 15) is 0 Å². The predicted octanol–water partition coefficient (Wildman–Crippen LogP) is 2.70. The van der Waals surface area contributed by atoms with Crippen LogP contribution in [0.5, 0.6) is 0 Å². The molecule has 0 saturated carbocycles. The molecule has 1 N–H and O–H groups in total. The van der Waals surface area contributed by atoms with Crippen molar-refractivity contribution in [2.45, 2.75) is 34.1 Å². The van der Waals surface area contributed by atoms with Gasteiger partial charge in [-0.3, -0.25) is 0 Å². The standard InChI is InChI=1S/C14H24N4/c1-5-15-14-16-7-12(4)13(17-14)18-8-10(2)6-11(3)9-18/h7,10-11H,5-6,8-9H2,1-4H3,(H,15,16,17). The molecule has 0 amide bonds. The molecule has 0 aromatic carbocycles. The summed E-state index contributed by atoms with van der Waals surface area (Å²) >= 11 is 0. The number of aryl methyl sites for hydroxylation is 1. The molecule has 100 valence electrons. The molecule has 0 aliphatic carbocycles. The topological polar surface area (TPSA) is 41.1 Å². The minimum atomic E-state index is 0.740. The van der Waals surface area contributed by atoms with Crippen LogP contribution in [-0.2, 0) is 0 Å². The Morgan fingerprint density at radius 1 is 1.33 bits per heavy atom. The number of nitrogens with zero attached hydrogens (tertiary/aromatic N) is 3. The van der Waals surface area contributed by atoms with Gasteiger partial charge in [-0.15, -0.1) is 0 Å². The maximum atomic E-state index is 4.66. The summed E-state index contributed by atoms with van der Waals surface area (Å²) in [6.45, 7) is 11.9. The molecular weight excluding hydrogens is 224 g/mol. The number of piperidine rings is 1. The first-order valence-corrected chi connectivity index (χ1v) is 6.92. The van der Waals surface area contributed by atoms with Crippen LogP contribution < -0.4 is 10.2 Å². The van der Waals surface area contributed by atoms with Crippen LogP contribution in [0.3, 0.4) is 0 Å². The highest BCUT2D eigenvalue weighted by Crippen LogP contribution is 2.27. The number of rotatable bonds is 3. The highest BCUT2D eigenvalue weighted by atomic mass is 15.2. The number of anilines is 2. The van der Waals surface area contributed by atoms with E-state index >= 15 is 0 Å². The van der Waals surface area contributed by atoms with E-state index in [1.54, 1.807) is 0 Å². The van der Waals surface area contributed by atoms with Crippen molar-refractivity contribution in [2.24, 2.45) is 11.8 Å². The zero-order valence-corrected chi connectivity index (χ0v) is 11.9. The average Bonchev–Trinajstić information content (AvgIpc) is 2.30. The summed E-state index contributed by atoms with van der Waals surface area (Å²) < 4.78 is 0. The third kappa shape index (κ3) is 2.92. The van der Waals surface area contributed by atoms with Gasteiger partial charge in [0.05, 0.1) is 0 Å². The number of nitrogens with one attached hydrogen (secondary N) is 1. The van der Waals surface area contributed by atoms with Crippen molar-refractivity contribution in [3.63, 3.8) is 0 Å². The summed E-state index contributed by atoms with van der Waals surface area (Å²) in [5.41, 5.74) is 1.16. The largest absolute Gasteiger partial charge is 0.356 e. The molecular formula is C14H24N4. The summed E-state index contributed by atoms with van der Waals surface area (Å²) in [5.74, 6) is 3.32. The SMILES string of the molecule is CCNc1ncc(C)c(N2CC(C)CC(C)C2)n1. The van der Waals surface area contributed by atoms with Crippen molar-refractivity contribution in [2.75, 3.05) is 29.9 Å². The lowest BCUT2D eigenvalue weighted by Crippen LogP contribution is -2.39. The first-order valence-electron chi connectivity index (χ1n) is 6.92. The van der Waals surface area contributed by atoms with E-state index in [1.807, 2.05) is 6.20 Å². The number of aromatic nitrogens is 2. The second kappa shape index (κ2) is 5.55. The molecule has 4 nitrogen and oxygen atoms in total. The number of hydrogen-bond donors (Lipinski definition) is 1. The molecule has 1 aromatic heterocycles. The van der Waals surface area contributed by atoms with Crippen molar-refractivity contribution in [1.29, 1.82) is 0 Å². The second-order valence-electron chi connectivity index (χ2n) is 5.58. The number of hydrogen-bond acceptors (Lipinski definition) is 4. The maximum absolute atomic E-state index is 4.66. The van der Waals surface area contributed by atoms with Crippen LogP contribution in [0.25, 0.3) is 0 Å². The smallest absolute Gasteiger partial charge is 0.224 e. The predicted molar refractivity (Wildman–Crippen MR) is 76.1 cm³/mol.